The maximum absolute atomic E-state index is 11.6. The van der Waals surface area contributed by atoms with Gasteiger partial charge in [0.1, 0.15) is 0 Å². The van der Waals surface area contributed by atoms with Crippen molar-refractivity contribution in [1.29, 1.82) is 0 Å². The number of nitrogens with two attached hydrogens (primary N) is 1. The number of thiophene rings is 1. The number of carbonyl (C=O) groups is 1. The summed E-state index contributed by atoms with van der Waals surface area (Å²) in [6.45, 7) is 2.61. The molecule has 1 aromatic heterocycles. The van der Waals surface area contributed by atoms with Crippen LogP contribution in [0.25, 0.3) is 0 Å². The largest absolute Gasteiger partial charge is 0.375 e. The average molecular weight is 243 g/mol. The zero-order valence-electron chi connectivity index (χ0n) is 8.40. The van der Waals surface area contributed by atoms with Crippen LogP contribution in [-0.2, 0) is 0 Å². The monoisotopic (exact) mass is 243 g/mol. The van der Waals surface area contributed by atoms with Crippen molar-refractivity contribution in [1.82, 2.24) is 10.4 Å². The molecule has 15 heavy (non-hydrogen) atoms. The number of hydrazine groups is 1. The molecular formula is C9H13N3OS2. The van der Waals surface area contributed by atoms with Gasteiger partial charge in [-0.2, -0.15) is 0 Å². The summed E-state index contributed by atoms with van der Waals surface area (Å²) in [5, 5.41) is 3.51. The molecule has 0 fully saturated rings. The number of rotatable bonds is 3. The number of hydrogen-bond acceptors (Lipinski definition) is 3. The minimum Gasteiger partial charge on any atom is -0.375 e. The Balaban J connectivity index is 2.59. The van der Waals surface area contributed by atoms with Gasteiger partial charge in [0.15, 0.2) is 5.11 Å². The van der Waals surface area contributed by atoms with Gasteiger partial charge >= 0.3 is 0 Å². The van der Waals surface area contributed by atoms with Gasteiger partial charge in [-0.3, -0.25) is 15.2 Å². The first-order valence-corrected chi connectivity index (χ1v) is 5.85. The number of amides is 1. The van der Waals surface area contributed by atoms with Crippen LogP contribution in [0.5, 0.6) is 0 Å². The Morgan fingerprint density at radius 2 is 2.47 bits per heavy atom. The molecular weight excluding hydrogens is 230 g/mol. The van der Waals surface area contributed by atoms with Gasteiger partial charge in [-0.25, -0.2) is 0 Å². The van der Waals surface area contributed by atoms with E-state index >= 15 is 0 Å². The van der Waals surface area contributed by atoms with Gasteiger partial charge in [0.05, 0.1) is 4.88 Å². The average Bonchev–Trinajstić information content (AvgIpc) is 2.69. The molecule has 6 heteroatoms. The molecule has 0 spiro atoms. The molecule has 0 aliphatic carbocycles. The van der Waals surface area contributed by atoms with E-state index in [9.17, 15) is 4.79 Å². The summed E-state index contributed by atoms with van der Waals surface area (Å²) < 4.78 is 0. The second-order valence-corrected chi connectivity index (χ2v) is 4.27. The van der Waals surface area contributed by atoms with Crippen molar-refractivity contribution in [2.45, 2.75) is 13.3 Å². The normalized spacial score (nSPS) is 9.67. The third kappa shape index (κ3) is 3.49. The van der Waals surface area contributed by atoms with E-state index < -0.39 is 0 Å². The van der Waals surface area contributed by atoms with Gasteiger partial charge in [0.2, 0.25) is 0 Å². The van der Waals surface area contributed by atoms with E-state index in [0.29, 0.717) is 11.4 Å². The quantitative estimate of drug-likeness (QED) is 0.621. The first-order chi connectivity index (χ1) is 7.15. The van der Waals surface area contributed by atoms with E-state index in [2.05, 4.69) is 5.43 Å². The zero-order valence-corrected chi connectivity index (χ0v) is 10.0. The molecule has 0 aromatic carbocycles. The van der Waals surface area contributed by atoms with Crippen LogP contribution >= 0.6 is 23.6 Å². The van der Waals surface area contributed by atoms with Gasteiger partial charge in [-0.1, -0.05) is 13.0 Å². The van der Waals surface area contributed by atoms with Crippen LogP contribution in [-0.4, -0.2) is 22.6 Å². The smallest absolute Gasteiger partial charge is 0.279 e. The zero-order chi connectivity index (χ0) is 11.3. The maximum Gasteiger partial charge on any atom is 0.279 e. The van der Waals surface area contributed by atoms with Gasteiger partial charge in [-0.05, 0) is 30.1 Å². The van der Waals surface area contributed by atoms with Crippen LogP contribution < -0.4 is 11.2 Å². The van der Waals surface area contributed by atoms with Crippen LogP contribution in [0.2, 0.25) is 0 Å². The number of thiocarbonyl (C=S) groups is 1. The fourth-order valence-electron chi connectivity index (χ4n) is 1.03. The van der Waals surface area contributed by atoms with E-state index in [1.54, 1.807) is 6.07 Å². The molecule has 0 unspecified atom stereocenters. The van der Waals surface area contributed by atoms with Crippen molar-refractivity contribution in [2.75, 3.05) is 6.54 Å². The lowest BCUT2D eigenvalue weighted by molar-refractivity contribution is 0.0875. The highest BCUT2D eigenvalue weighted by Crippen LogP contribution is 2.07. The molecule has 1 amide bonds. The van der Waals surface area contributed by atoms with Crippen molar-refractivity contribution in [3.05, 3.63) is 22.4 Å². The standard InChI is InChI=1S/C9H13N3OS2/c1-2-5-12(9(10)14)11-8(13)7-4-3-6-15-7/h3-4,6H,2,5H2,1H3,(H2,10,14)(H,11,13). The number of carbonyl (C=O) groups excluding carboxylic acids is 1. The van der Waals surface area contributed by atoms with E-state index in [0.717, 1.165) is 6.42 Å². The lowest BCUT2D eigenvalue weighted by Gasteiger charge is -2.22. The first kappa shape index (κ1) is 11.9. The van der Waals surface area contributed by atoms with Gasteiger partial charge in [-0.15, -0.1) is 11.3 Å². The van der Waals surface area contributed by atoms with Gasteiger partial charge in [0.25, 0.3) is 5.91 Å². The fourth-order valence-corrected chi connectivity index (χ4v) is 1.78. The van der Waals surface area contributed by atoms with Crippen molar-refractivity contribution in [3.63, 3.8) is 0 Å². The molecule has 0 saturated carbocycles. The SMILES string of the molecule is CCCN(NC(=O)c1cccs1)C(N)=S. The summed E-state index contributed by atoms with van der Waals surface area (Å²) in [4.78, 5) is 12.3. The molecule has 0 aliphatic heterocycles. The summed E-state index contributed by atoms with van der Waals surface area (Å²) in [5.74, 6) is -0.175. The topological polar surface area (TPSA) is 58.4 Å². The number of hydrogen-bond donors (Lipinski definition) is 2. The summed E-state index contributed by atoms with van der Waals surface area (Å²) in [7, 11) is 0. The Bertz CT molecular complexity index is 337. The minimum atomic E-state index is -0.175. The van der Waals surface area contributed by atoms with Crippen LogP contribution in [0.1, 0.15) is 23.0 Å². The van der Waals surface area contributed by atoms with Crippen LogP contribution in [0.4, 0.5) is 0 Å². The highest BCUT2D eigenvalue weighted by atomic mass is 32.1. The summed E-state index contributed by atoms with van der Waals surface area (Å²) in [6, 6.07) is 3.58. The van der Waals surface area contributed by atoms with E-state index in [4.69, 9.17) is 18.0 Å². The molecule has 0 atom stereocenters. The Hall–Kier alpha value is -1.14. The number of nitrogens with zero attached hydrogens (tertiary/aromatic N) is 1. The first-order valence-electron chi connectivity index (χ1n) is 4.56. The summed E-state index contributed by atoms with van der Waals surface area (Å²) >= 11 is 6.20. The van der Waals surface area contributed by atoms with Crippen molar-refractivity contribution >= 4 is 34.6 Å². The molecule has 4 nitrogen and oxygen atoms in total. The Labute approximate surface area is 98.0 Å². The van der Waals surface area contributed by atoms with Crippen molar-refractivity contribution in [3.8, 4) is 0 Å². The molecule has 1 heterocycles. The Morgan fingerprint density at radius 3 is 2.93 bits per heavy atom. The van der Waals surface area contributed by atoms with Crippen LogP contribution in [0, 0.1) is 0 Å². The Morgan fingerprint density at radius 1 is 1.73 bits per heavy atom. The highest BCUT2D eigenvalue weighted by molar-refractivity contribution is 7.80. The second-order valence-electron chi connectivity index (χ2n) is 2.91. The molecule has 1 aromatic rings. The second kappa shape index (κ2) is 5.67. The lowest BCUT2D eigenvalue weighted by Crippen LogP contribution is -2.48. The summed E-state index contributed by atoms with van der Waals surface area (Å²) in [6.07, 6.45) is 0.863. The van der Waals surface area contributed by atoms with Crippen LogP contribution in [0.3, 0.4) is 0 Å². The van der Waals surface area contributed by atoms with E-state index in [1.807, 2.05) is 18.4 Å². The number of nitrogens with one attached hydrogen (secondary N) is 1. The highest BCUT2D eigenvalue weighted by Gasteiger charge is 2.11. The molecule has 0 saturated heterocycles. The van der Waals surface area contributed by atoms with Crippen LogP contribution in [0.15, 0.2) is 17.5 Å². The molecule has 1 rings (SSSR count). The molecule has 0 aliphatic rings. The van der Waals surface area contributed by atoms with Crippen molar-refractivity contribution in [2.24, 2.45) is 5.73 Å². The van der Waals surface area contributed by atoms with Gasteiger partial charge in [0, 0.05) is 6.54 Å². The summed E-state index contributed by atoms with van der Waals surface area (Å²) in [5.41, 5.74) is 8.13. The lowest BCUT2D eigenvalue weighted by atomic mass is 10.4. The maximum atomic E-state index is 11.6. The van der Waals surface area contributed by atoms with E-state index in [1.165, 1.54) is 16.3 Å². The fraction of sp³-hybridized carbons (Fsp3) is 0.333. The minimum absolute atomic E-state index is 0.175. The Kier molecular flexibility index (Phi) is 4.51. The third-order valence-corrected chi connectivity index (χ3v) is 2.78. The van der Waals surface area contributed by atoms with Gasteiger partial charge < -0.3 is 5.73 Å². The molecule has 0 bridgehead atoms. The molecule has 82 valence electrons. The van der Waals surface area contributed by atoms with E-state index in [-0.39, 0.29) is 11.0 Å². The molecule has 0 radical (unpaired) electrons. The molecule has 3 N–H and O–H groups in total. The predicted octanol–water partition coefficient (Wildman–Crippen LogP) is 1.35. The van der Waals surface area contributed by atoms with Crippen molar-refractivity contribution < 1.29 is 4.79 Å². The predicted molar refractivity (Wildman–Crippen MR) is 65.6 cm³/mol. The third-order valence-electron chi connectivity index (χ3n) is 1.69.